The molecular formula is C13H12N2O2S. The van der Waals surface area contributed by atoms with Crippen molar-refractivity contribution in [1.82, 2.24) is 0 Å². The van der Waals surface area contributed by atoms with Crippen LogP contribution in [0.3, 0.4) is 0 Å². The van der Waals surface area contributed by atoms with Crippen LogP contribution in [0.4, 0.5) is 5.69 Å². The molecule has 0 aliphatic heterocycles. The third-order valence-corrected chi connectivity index (χ3v) is 2.89. The molecule has 0 fully saturated rings. The molecule has 0 saturated carbocycles. The van der Waals surface area contributed by atoms with E-state index in [0.29, 0.717) is 11.3 Å². The lowest BCUT2D eigenvalue weighted by molar-refractivity contribution is 0.0696. The van der Waals surface area contributed by atoms with Gasteiger partial charge in [-0.15, -0.1) is 0 Å². The first-order valence-electron chi connectivity index (χ1n) is 5.33. The lowest BCUT2D eigenvalue weighted by atomic mass is 9.99. The molecule has 0 radical (unpaired) electrons. The molecule has 4 nitrogen and oxygen atoms in total. The number of carboxylic acid groups (broad SMARTS) is 1. The molecule has 4 N–H and O–H groups in total. The minimum Gasteiger partial charge on any atom is -0.478 e. The zero-order valence-corrected chi connectivity index (χ0v) is 10.5. The van der Waals surface area contributed by atoms with Crippen LogP contribution in [0.5, 0.6) is 0 Å². The second kappa shape index (κ2) is 4.62. The molecular weight excluding hydrogens is 248 g/mol. The summed E-state index contributed by atoms with van der Waals surface area (Å²) in [5, 5.41) is 13.9. The predicted molar refractivity (Wildman–Crippen MR) is 76.1 cm³/mol. The van der Waals surface area contributed by atoms with Gasteiger partial charge in [-0.2, -0.15) is 0 Å². The van der Waals surface area contributed by atoms with Crippen LogP contribution in [0.2, 0.25) is 0 Å². The second-order valence-corrected chi connectivity index (χ2v) is 4.38. The number of anilines is 1. The SMILES string of the molecule is Cc1c(C(=O)O)cc2ccccc2c1NC(N)=S. The topological polar surface area (TPSA) is 75.3 Å². The van der Waals surface area contributed by atoms with Crippen molar-refractivity contribution in [3.8, 4) is 0 Å². The highest BCUT2D eigenvalue weighted by molar-refractivity contribution is 7.80. The summed E-state index contributed by atoms with van der Waals surface area (Å²) in [6.07, 6.45) is 0. The highest BCUT2D eigenvalue weighted by atomic mass is 32.1. The Balaban J connectivity index is 2.81. The van der Waals surface area contributed by atoms with Crippen molar-refractivity contribution in [1.29, 1.82) is 0 Å². The summed E-state index contributed by atoms with van der Waals surface area (Å²) in [5.41, 5.74) is 7.00. The first-order valence-corrected chi connectivity index (χ1v) is 5.73. The van der Waals surface area contributed by atoms with Gasteiger partial charge in [0.25, 0.3) is 0 Å². The van der Waals surface area contributed by atoms with Crippen molar-refractivity contribution >= 4 is 39.8 Å². The average molecular weight is 260 g/mol. The first-order chi connectivity index (χ1) is 8.50. The van der Waals surface area contributed by atoms with Gasteiger partial charge in [0.05, 0.1) is 11.3 Å². The van der Waals surface area contributed by atoms with Crippen LogP contribution in [0, 0.1) is 6.92 Å². The normalized spacial score (nSPS) is 10.3. The van der Waals surface area contributed by atoms with E-state index in [1.807, 2.05) is 24.3 Å². The smallest absolute Gasteiger partial charge is 0.336 e. The molecule has 0 bridgehead atoms. The highest BCUT2D eigenvalue weighted by Crippen LogP contribution is 2.30. The summed E-state index contributed by atoms with van der Waals surface area (Å²) in [6, 6.07) is 9.14. The van der Waals surface area contributed by atoms with E-state index < -0.39 is 5.97 Å². The second-order valence-electron chi connectivity index (χ2n) is 3.94. The van der Waals surface area contributed by atoms with Crippen LogP contribution in [-0.4, -0.2) is 16.2 Å². The van der Waals surface area contributed by atoms with Crippen LogP contribution in [-0.2, 0) is 0 Å². The third-order valence-electron chi connectivity index (χ3n) is 2.79. The largest absolute Gasteiger partial charge is 0.478 e. The Morgan fingerprint density at radius 1 is 1.39 bits per heavy atom. The van der Waals surface area contributed by atoms with Gasteiger partial charge < -0.3 is 16.2 Å². The maximum absolute atomic E-state index is 11.2. The van der Waals surface area contributed by atoms with Crippen molar-refractivity contribution < 1.29 is 9.90 Å². The molecule has 0 atom stereocenters. The molecule has 92 valence electrons. The molecule has 0 aromatic heterocycles. The molecule has 0 unspecified atom stereocenters. The average Bonchev–Trinajstić information content (AvgIpc) is 2.31. The van der Waals surface area contributed by atoms with E-state index in [4.69, 9.17) is 18.0 Å². The first kappa shape index (κ1) is 12.3. The number of fused-ring (bicyclic) bond motifs is 1. The van der Waals surface area contributed by atoms with Gasteiger partial charge in [-0.1, -0.05) is 24.3 Å². The summed E-state index contributed by atoms with van der Waals surface area (Å²) >= 11 is 4.83. The molecule has 2 aromatic rings. The fourth-order valence-electron chi connectivity index (χ4n) is 1.96. The van der Waals surface area contributed by atoms with Gasteiger partial charge in [0.15, 0.2) is 5.11 Å². The lowest BCUT2D eigenvalue weighted by Crippen LogP contribution is -2.20. The number of hydrogen-bond donors (Lipinski definition) is 3. The maximum atomic E-state index is 11.2. The number of thiocarbonyl (C=S) groups is 1. The number of carboxylic acids is 1. The number of rotatable bonds is 2. The number of aromatic carboxylic acids is 1. The monoisotopic (exact) mass is 260 g/mol. The van der Waals surface area contributed by atoms with Gasteiger partial charge in [-0.3, -0.25) is 0 Å². The summed E-state index contributed by atoms with van der Waals surface area (Å²) in [6.45, 7) is 1.73. The van der Waals surface area contributed by atoms with E-state index in [-0.39, 0.29) is 10.7 Å². The van der Waals surface area contributed by atoms with Gasteiger partial charge in [-0.25, -0.2) is 4.79 Å². The standard InChI is InChI=1S/C13H12N2O2S/c1-7-10(12(16)17)6-8-4-2-3-5-9(8)11(7)15-13(14)18/h2-6H,1H3,(H,16,17)(H3,14,15,18). The quantitative estimate of drug-likeness (QED) is 0.723. The minimum atomic E-state index is -0.968. The van der Waals surface area contributed by atoms with E-state index >= 15 is 0 Å². The molecule has 0 aliphatic carbocycles. The summed E-state index contributed by atoms with van der Waals surface area (Å²) in [4.78, 5) is 11.2. The predicted octanol–water partition coefficient (Wildman–Crippen LogP) is 2.50. The minimum absolute atomic E-state index is 0.116. The maximum Gasteiger partial charge on any atom is 0.336 e. The zero-order valence-electron chi connectivity index (χ0n) is 9.73. The molecule has 0 spiro atoms. The van der Waals surface area contributed by atoms with Crippen LogP contribution in [0.25, 0.3) is 10.8 Å². The summed E-state index contributed by atoms with van der Waals surface area (Å²) in [7, 11) is 0. The fourth-order valence-corrected chi connectivity index (χ4v) is 2.06. The van der Waals surface area contributed by atoms with Crippen LogP contribution in [0.1, 0.15) is 15.9 Å². The van der Waals surface area contributed by atoms with E-state index in [9.17, 15) is 9.90 Å². The van der Waals surface area contributed by atoms with Crippen LogP contribution >= 0.6 is 12.2 Å². The molecule has 0 aliphatic rings. The molecule has 18 heavy (non-hydrogen) atoms. The molecule has 0 amide bonds. The van der Waals surface area contributed by atoms with Gasteiger partial charge >= 0.3 is 5.97 Å². The lowest BCUT2D eigenvalue weighted by Gasteiger charge is -2.14. The molecule has 0 heterocycles. The molecule has 5 heteroatoms. The van der Waals surface area contributed by atoms with Gasteiger partial charge in [0.2, 0.25) is 0 Å². The Morgan fingerprint density at radius 3 is 2.67 bits per heavy atom. The van der Waals surface area contributed by atoms with Gasteiger partial charge in [0, 0.05) is 5.39 Å². The Hall–Kier alpha value is -2.14. The Kier molecular flexibility index (Phi) is 3.16. The van der Waals surface area contributed by atoms with Gasteiger partial charge in [-0.05, 0) is 36.2 Å². The molecule has 2 aromatic carbocycles. The number of benzene rings is 2. The van der Waals surface area contributed by atoms with Gasteiger partial charge in [0.1, 0.15) is 0 Å². The Morgan fingerprint density at radius 2 is 2.06 bits per heavy atom. The summed E-state index contributed by atoms with van der Waals surface area (Å²) in [5.74, 6) is -0.968. The van der Waals surface area contributed by atoms with Crippen LogP contribution in [0.15, 0.2) is 30.3 Å². The Labute approximate surface area is 109 Å². The highest BCUT2D eigenvalue weighted by Gasteiger charge is 2.14. The third kappa shape index (κ3) is 2.12. The number of nitrogens with one attached hydrogen (secondary N) is 1. The van der Waals surface area contributed by atoms with E-state index in [2.05, 4.69) is 5.32 Å². The Bertz CT molecular complexity index is 653. The summed E-state index contributed by atoms with van der Waals surface area (Å²) < 4.78 is 0. The fraction of sp³-hybridized carbons (Fsp3) is 0.0769. The van der Waals surface area contributed by atoms with Crippen molar-refractivity contribution in [3.63, 3.8) is 0 Å². The van der Waals surface area contributed by atoms with E-state index in [1.165, 1.54) is 0 Å². The zero-order chi connectivity index (χ0) is 13.3. The van der Waals surface area contributed by atoms with Crippen molar-refractivity contribution in [2.75, 3.05) is 5.32 Å². The van der Waals surface area contributed by atoms with E-state index in [1.54, 1.807) is 13.0 Å². The molecule has 0 saturated heterocycles. The number of nitrogens with two attached hydrogens (primary N) is 1. The van der Waals surface area contributed by atoms with Crippen molar-refractivity contribution in [2.45, 2.75) is 6.92 Å². The van der Waals surface area contributed by atoms with Crippen LogP contribution < -0.4 is 11.1 Å². The molecule has 2 rings (SSSR count). The van der Waals surface area contributed by atoms with Crippen molar-refractivity contribution in [2.24, 2.45) is 5.73 Å². The number of hydrogen-bond acceptors (Lipinski definition) is 2. The van der Waals surface area contributed by atoms with Crippen molar-refractivity contribution in [3.05, 3.63) is 41.5 Å². The van der Waals surface area contributed by atoms with E-state index in [0.717, 1.165) is 10.8 Å². The number of carbonyl (C=O) groups is 1.